The van der Waals surface area contributed by atoms with Crippen molar-refractivity contribution >= 4 is 55.2 Å². The number of carbonyl (C=O) groups is 1. The van der Waals surface area contributed by atoms with Gasteiger partial charge in [0.2, 0.25) is 0 Å². The van der Waals surface area contributed by atoms with Crippen LogP contribution in [0.15, 0.2) is 51.3 Å². The summed E-state index contributed by atoms with van der Waals surface area (Å²) in [4.78, 5) is 16.3. The predicted octanol–water partition coefficient (Wildman–Crippen LogP) is 5.68. The lowest BCUT2D eigenvalue weighted by atomic mass is 10.3. The predicted molar refractivity (Wildman–Crippen MR) is 99.3 cm³/mol. The fraction of sp³-hybridized carbons (Fsp3) is 0.176. The van der Waals surface area contributed by atoms with E-state index in [1.165, 1.54) is 12.1 Å². The summed E-state index contributed by atoms with van der Waals surface area (Å²) >= 11 is 6.42. The van der Waals surface area contributed by atoms with E-state index in [4.69, 9.17) is 4.74 Å². The van der Waals surface area contributed by atoms with Crippen molar-refractivity contribution in [3.05, 3.63) is 52.8 Å². The van der Waals surface area contributed by atoms with Crippen LogP contribution in [0.1, 0.15) is 12.8 Å². The number of esters is 1. The molecule has 2 aromatic carbocycles. The molecule has 0 aliphatic carbocycles. The Morgan fingerprint density at radius 1 is 1.29 bits per heavy atom. The molecule has 3 rings (SSSR count). The maximum absolute atomic E-state index is 13.6. The van der Waals surface area contributed by atoms with Crippen molar-refractivity contribution in [2.75, 3.05) is 5.75 Å². The number of aromatic nitrogens is 1. The minimum atomic E-state index is -0.554. The molecule has 124 valence electrons. The molecule has 0 atom stereocenters. The molecule has 0 spiro atoms. The van der Waals surface area contributed by atoms with Gasteiger partial charge >= 0.3 is 5.97 Å². The Hall–Kier alpha value is -1.44. The van der Waals surface area contributed by atoms with E-state index in [2.05, 4.69) is 20.9 Å². The Balaban J connectivity index is 1.45. The van der Waals surface area contributed by atoms with Crippen LogP contribution in [0.25, 0.3) is 10.2 Å². The van der Waals surface area contributed by atoms with Crippen LogP contribution >= 0.6 is 39.0 Å². The zero-order valence-corrected chi connectivity index (χ0v) is 15.7. The van der Waals surface area contributed by atoms with Gasteiger partial charge in [0.15, 0.2) is 15.9 Å². The molecule has 0 radical (unpaired) electrons. The van der Waals surface area contributed by atoms with Crippen molar-refractivity contribution in [1.82, 2.24) is 4.98 Å². The summed E-state index contributed by atoms with van der Waals surface area (Å²) in [5, 5.41) is 0. The molecule has 0 aliphatic rings. The Morgan fingerprint density at radius 2 is 2.12 bits per heavy atom. The maximum Gasteiger partial charge on any atom is 0.311 e. The summed E-state index contributed by atoms with van der Waals surface area (Å²) in [7, 11) is 0. The summed E-state index contributed by atoms with van der Waals surface area (Å²) in [6, 6.07) is 12.3. The van der Waals surface area contributed by atoms with Gasteiger partial charge in [0.25, 0.3) is 0 Å². The van der Waals surface area contributed by atoms with Gasteiger partial charge in [-0.15, -0.1) is 11.3 Å². The highest BCUT2D eigenvalue weighted by Gasteiger charge is 2.10. The molecule has 0 aliphatic heterocycles. The molecule has 3 aromatic rings. The average Bonchev–Trinajstić information content (AvgIpc) is 2.97. The zero-order valence-electron chi connectivity index (χ0n) is 12.5. The number of benzene rings is 2. The quantitative estimate of drug-likeness (QED) is 0.220. The summed E-state index contributed by atoms with van der Waals surface area (Å²) in [5.74, 6) is -0.262. The number of ether oxygens (including phenoxy) is 1. The molecular weight excluding hydrogens is 413 g/mol. The van der Waals surface area contributed by atoms with Gasteiger partial charge in [-0.2, -0.15) is 0 Å². The first kappa shape index (κ1) is 17.4. The molecule has 24 heavy (non-hydrogen) atoms. The summed E-state index contributed by atoms with van der Waals surface area (Å²) in [5.41, 5.74) is 0.995. The molecule has 0 fully saturated rings. The number of thiazole rings is 1. The van der Waals surface area contributed by atoms with Crippen LogP contribution in [0.4, 0.5) is 4.39 Å². The topological polar surface area (TPSA) is 39.2 Å². The van der Waals surface area contributed by atoms with Gasteiger partial charge < -0.3 is 4.74 Å². The van der Waals surface area contributed by atoms with Crippen molar-refractivity contribution in [3.63, 3.8) is 0 Å². The van der Waals surface area contributed by atoms with E-state index in [1.54, 1.807) is 29.2 Å². The standard InChI is InChI=1S/C17H13BrFNO2S2/c18-11-7-8-14(12(19)10-11)22-16(21)6-3-9-23-17-20-13-4-1-2-5-15(13)24-17/h1-2,4-5,7-8,10H,3,6,9H2. The van der Waals surface area contributed by atoms with Gasteiger partial charge in [0.05, 0.1) is 10.2 Å². The van der Waals surface area contributed by atoms with Crippen LogP contribution in [0, 0.1) is 5.82 Å². The third-order valence-electron chi connectivity index (χ3n) is 3.14. The highest BCUT2D eigenvalue weighted by Crippen LogP contribution is 2.30. The number of hydrogen-bond acceptors (Lipinski definition) is 5. The SMILES string of the molecule is O=C(CCCSc1nc2ccccc2s1)Oc1ccc(Br)cc1F. The first-order valence-corrected chi connectivity index (χ1v) is 9.85. The molecule has 0 bridgehead atoms. The van der Waals surface area contributed by atoms with Crippen LogP contribution in [0.2, 0.25) is 0 Å². The second-order valence-electron chi connectivity index (χ2n) is 4.95. The average molecular weight is 426 g/mol. The summed E-state index contributed by atoms with van der Waals surface area (Å²) in [6.45, 7) is 0. The van der Waals surface area contributed by atoms with Crippen LogP contribution in [0.3, 0.4) is 0 Å². The highest BCUT2D eigenvalue weighted by atomic mass is 79.9. The van der Waals surface area contributed by atoms with Crippen molar-refractivity contribution < 1.29 is 13.9 Å². The van der Waals surface area contributed by atoms with E-state index in [1.807, 2.05) is 24.3 Å². The molecule has 0 N–H and O–H groups in total. The molecular formula is C17H13BrFNO2S2. The van der Waals surface area contributed by atoms with E-state index >= 15 is 0 Å². The van der Waals surface area contributed by atoms with Crippen molar-refractivity contribution in [1.29, 1.82) is 0 Å². The lowest BCUT2D eigenvalue weighted by Crippen LogP contribution is -2.09. The molecule has 0 amide bonds. The Kier molecular flexibility index (Phi) is 5.86. The third kappa shape index (κ3) is 4.55. The number of nitrogens with zero attached hydrogens (tertiary/aromatic N) is 1. The van der Waals surface area contributed by atoms with Gasteiger partial charge in [0, 0.05) is 16.6 Å². The van der Waals surface area contributed by atoms with Crippen molar-refractivity contribution in [3.8, 4) is 5.75 Å². The van der Waals surface area contributed by atoms with Crippen molar-refractivity contribution in [2.45, 2.75) is 17.2 Å². The minimum Gasteiger partial charge on any atom is -0.423 e. The third-order valence-corrected chi connectivity index (χ3v) is 5.90. The van der Waals surface area contributed by atoms with Gasteiger partial charge in [-0.25, -0.2) is 9.37 Å². The first-order chi connectivity index (χ1) is 11.6. The van der Waals surface area contributed by atoms with E-state index in [0.29, 0.717) is 10.9 Å². The summed E-state index contributed by atoms with van der Waals surface area (Å²) in [6.07, 6.45) is 0.894. The molecule has 0 unspecified atom stereocenters. The van der Waals surface area contributed by atoms with Crippen LogP contribution in [0.5, 0.6) is 5.75 Å². The van der Waals surface area contributed by atoms with E-state index in [-0.39, 0.29) is 12.2 Å². The number of para-hydroxylation sites is 1. The summed E-state index contributed by atoms with van der Waals surface area (Å²) < 4.78 is 21.4. The number of halogens is 2. The zero-order chi connectivity index (χ0) is 16.9. The Bertz CT molecular complexity index is 836. The monoisotopic (exact) mass is 425 g/mol. The first-order valence-electron chi connectivity index (χ1n) is 7.26. The second-order valence-corrected chi connectivity index (χ2v) is 8.24. The van der Waals surface area contributed by atoms with Crippen LogP contribution in [-0.2, 0) is 4.79 Å². The van der Waals surface area contributed by atoms with Gasteiger partial charge in [-0.1, -0.05) is 39.8 Å². The molecule has 7 heteroatoms. The van der Waals surface area contributed by atoms with E-state index in [9.17, 15) is 9.18 Å². The van der Waals surface area contributed by atoms with E-state index in [0.717, 1.165) is 20.3 Å². The van der Waals surface area contributed by atoms with Gasteiger partial charge in [-0.05, 0) is 36.8 Å². The van der Waals surface area contributed by atoms with Crippen molar-refractivity contribution in [2.24, 2.45) is 0 Å². The smallest absolute Gasteiger partial charge is 0.311 e. The van der Waals surface area contributed by atoms with Crippen LogP contribution in [-0.4, -0.2) is 16.7 Å². The number of rotatable bonds is 6. The van der Waals surface area contributed by atoms with Crippen LogP contribution < -0.4 is 4.74 Å². The largest absolute Gasteiger partial charge is 0.423 e. The fourth-order valence-corrected chi connectivity index (χ4v) is 4.43. The molecule has 0 saturated heterocycles. The maximum atomic E-state index is 13.6. The number of hydrogen-bond donors (Lipinski definition) is 0. The number of fused-ring (bicyclic) bond motifs is 1. The van der Waals surface area contributed by atoms with Gasteiger partial charge in [-0.3, -0.25) is 4.79 Å². The Labute approximate surface area is 155 Å². The fourth-order valence-electron chi connectivity index (χ4n) is 2.02. The molecule has 3 nitrogen and oxygen atoms in total. The second kappa shape index (κ2) is 8.09. The lowest BCUT2D eigenvalue weighted by molar-refractivity contribution is -0.134. The number of carbonyl (C=O) groups excluding carboxylic acids is 1. The highest BCUT2D eigenvalue weighted by molar-refractivity contribution is 9.10. The molecule has 1 heterocycles. The Morgan fingerprint density at radius 3 is 2.92 bits per heavy atom. The molecule has 1 aromatic heterocycles. The lowest BCUT2D eigenvalue weighted by Gasteiger charge is -2.05. The molecule has 0 saturated carbocycles. The normalized spacial score (nSPS) is 10.9. The minimum absolute atomic E-state index is 0.0398. The van der Waals surface area contributed by atoms with Gasteiger partial charge in [0.1, 0.15) is 0 Å². The van der Waals surface area contributed by atoms with E-state index < -0.39 is 11.8 Å². The number of thioether (sulfide) groups is 1.